The van der Waals surface area contributed by atoms with E-state index in [2.05, 4.69) is 5.32 Å². The fraction of sp³-hybridized carbons (Fsp3) is 0.333. The Kier molecular flexibility index (Phi) is 6.12. The van der Waals surface area contributed by atoms with E-state index in [0.29, 0.717) is 6.26 Å². The zero-order valence-electron chi connectivity index (χ0n) is 14.6. The second kappa shape index (κ2) is 7.94. The van der Waals surface area contributed by atoms with E-state index in [9.17, 15) is 23.7 Å². The molecule has 5 N–H and O–H groups in total. The Morgan fingerprint density at radius 2 is 1.69 bits per heavy atom. The maximum atomic E-state index is 9.95. The van der Waals surface area contributed by atoms with Crippen molar-refractivity contribution in [3.63, 3.8) is 0 Å². The molecule has 8 heteroatoms. The molecule has 0 aromatic heterocycles. The van der Waals surface area contributed by atoms with Gasteiger partial charge in [-0.3, -0.25) is 4.55 Å². The smallest absolute Gasteiger partial charge is 0.261 e. The molecule has 0 saturated heterocycles. The molecule has 2 aromatic carbocycles. The molecular formula is C18H23NO6S. The lowest BCUT2D eigenvalue weighted by molar-refractivity contribution is 0.399. The van der Waals surface area contributed by atoms with Gasteiger partial charge in [-0.05, 0) is 60.3 Å². The van der Waals surface area contributed by atoms with Gasteiger partial charge in [0.1, 0.15) is 5.75 Å². The molecule has 0 spiro atoms. The van der Waals surface area contributed by atoms with Crippen LogP contribution in [-0.4, -0.2) is 47.6 Å². The van der Waals surface area contributed by atoms with Gasteiger partial charge in [0.2, 0.25) is 0 Å². The SMILES string of the molecule is CS(=O)(=O)O.Cc1c(O)c(O)cc2c1CCNCC2c1ccc(O)cc1. The van der Waals surface area contributed by atoms with Gasteiger partial charge in [0, 0.05) is 12.5 Å². The molecule has 0 bridgehead atoms. The quantitative estimate of drug-likeness (QED) is 0.377. The first kappa shape index (κ1) is 20.0. The minimum Gasteiger partial charge on any atom is -0.508 e. The number of phenolic OH excluding ortho intramolecular Hbond substituents is 3. The highest BCUT2D eigenvalue weighted by atomic mass is 32.2. The van der Waals surface area contributed by atoms with Crippen molar-refractivity contribution in [2.75, 3.05) is 19.3 Å². The number of hydrogen-bond acceptors (Lipinski definition) is 6. The fourth-order valence-corrected chi connectivity index (χ4v) is 3.07. The Morgan fingerprint density at radius 1 is 1.12 bits per heavy atom. The van der Waals surface area contributed by atoms with Gasteiger partial charge >= 0.3 is 0 Å². The van der Waals surface area contributed by atoms with Crippen LogP contribution in [0.2, 0.25) is 0 Å². The molecule has 1 unspecified atom stereocenters. The molecule has 0 aliphatic carbocycles. The first-order chi connectivity index (χ1) is 12.1. The first-order valence-corrected chi connectivity index (χ1v) is 9.89. The van der Waals surface area contributed by atoms with E-state index < -0.39 is 10.1 Å². The van der Waals surface area contributed by atoms with Crippen LogP contribution in [-0.2, 0) is 16.5 Å². The Bertz CT molecular complexity index is 870. The third kappa shape index (κ3) is 5.10. The third-order valence-electron chi connectivity index (χ3n) is 4.26. The van der Waals surface area contributed by atoms with E-state index in [1.54, 1.807) is 18.2 Å². The van der Waals surface area contributed by atoms with E-state index in [1.807, 2.05) is 19.1 Å². The summed E-state index contributed by atoms with van der Waals surface area (Å²) in [6, 6.07) is 8.81. The predicted octanol–water partition coefficient (Wildman–Crippen LogP) is 1.89. The van der Waals surface area contributed by atoms with Crippen LogP contribution in [0, 0.1) is 6.92 Å². The highest BCUT2D eigenvalue weighted by Gasteiger charge is 2.24. The van der Waals surface area contributed by atoms with Crippen molar-refractivity contribution in [1.29, 1.82) is 0 Å². The molecular weight excluding hydrogens is 358 g/mol. The van der Waals surface area contributed by atoms with E-state index in [1.165, 1.54) is 0 Å². The summed E-state index contributed by atoms with van der Waals surface area (Å²) in [6.07, 6.45) is 1.54. The van der Waals surface area contributed by atoms with Gasteiger partial charge in [-0.15, -0.1) is 0 Å². The maximum absolute atomic E-state index is 9.95. The minimum absolute atomic E-state index is 0.0277. The third-order valence-corrected chi connectivity index (χ3v) is 4.26. The van der Waals surface area contributed by atoms with E-state index in [0.717, 1.165) is 41.8 Å². The Morgan fingerprint density at radius 3 is 2.27 bits per heavy atom. The van der Waals surface area contributed by atoms with Gasteiger partial charge in [0.05, 0.1) is 6.26 Å². The molecule has 2 aromatic rings. The van der Waals surface area contributed by atoms with E-state index >= 15 is 0 Å². The summed E-state index contributed by atoms with van der Waals surface area (Å²) in [5.74, 6) is 0.232. The first-order valence-electron chi connectivity index (χ1n) is 8.04. The molecule has 0 saturated carbocycles. The second-order valence-electron chi connectivity index (χ2n) is 6.27. The summed E-state index contributed by atoms with van der Waals surface area (Å²) in [5.41, 5.74) is 3.96. The number of benzene rings is 2. The molecule has 1 aliphatic heterocycles. The lowest BCUT2D eigenvalue weighted by Gasteiger charge is -2.20. The summed E-state index contributed by atoms with van der Waals surface area (Å²) in [7, 11) is -3.67. The van der Waals surface area contributed by atoms with Gasteiger partial charge in [0.15, 0.2) is 11.5 Å². The van der Waals surface area contributed by atoms with E-state index in [4.69, 9.17) is 4.55 Å². The molecule has 26 heavy (non-hydrogen) atoms. The van der Waals surface area contributed by atoms with Gasteiger partial charge in [-0.25, -0.2) is 0 Å². The molecule has 0 amide bonds. The fourth-order valence-electron chi connectivity index (χ4n) is 3.07. The Hall–Kier alpha value is -2.29. The standard InChI is InChI=1S/C17H19NO3.CH4O3S/c1-10-13-6-7-18-9-15(11-2-4-12(19)5-3-11)14(13)8-16(20)17(10)21;1-5(2,3)4/h2-5,8,15,18-21H,6-7,9H2,1H3;1H3,(H,2,3,4). The molecule has 1 aliphatic rings. The highest BCUT2D eigenvalue weighted by molar-refractivity contribution is 7.85. The lowest BCUT2D eigenvalue weighted by atomic mass is 9.86. The zero-order valence-corrected chi connectivity index (χ0v) is 15.4. The van der Waals surface area contributed by atoms with Crippen LogP contribution < -0.4 is 5.32 Å². The summed E-state index contributed by atoms with van der Waals surface area (Å²) < 4.78 is 25.9. The van der Waals surface area contributed by atoms with E-state index in [-0.39, 0.29) is 23.2 Å². The van der Waals surface area contributed by atoms with Gasteiger partial charge in [-0.1, -0.05) is 12.1 Å². The van der Waals surface area contributed by atoms with Crippen LogP contribution in [0.4, 0.5) is 0 Å². The van der Waals surface area contributed by atoms with Crippen molar-refractivity contribution in [1.82, 2.24) is 5.32 Å². The summed E-state index contributed by atoms with van der Waals surface area (Å²) in [4.78, 5) is 0. The van der Waals surface area contributed by atoms with Crippen LogP contribution in [0.1, 0.15) is 28.2 Å². The molecule has 0 fully saturated rings. The van der Waals surface area contributed by atoms with Crippen molar-refractivity contribution in [3.05, 3.63) is 52.6 Å². The molecule has 0 radical (unpaired) electrons. The summed E-state index contributed by atoms with van der Waals surface area (Å²) >= 11 is 0. The molecule has 3 rings (SSSR count). The molecule has 1 heterocycles. The number of fused-ring (bicyclic) bond motifs is 1. The number of nitrogens with one attached hydrogen (secondary N) is 1. The van der Waals surface area contributed by atoms with Crippen molar-refractivity contribution >= 4 is 10.1 Å². The second-order valence-corrected chi connectivity index (χ2v) is 7.73. The van der Waals surface area contributed by atoms with Gasteiger partial charge in [0.25, 0.3) is 10.1 Å². The summed E-state index contributed by atoms with van der Waals surface area (Å²) in [5, 5.41) is 32.7. The Balaban J connectivity index is 0.000000431. The molecule has 7 nitrogen and oxygen atoms in total. The average molecular weight is 381 g/mol. The predicted molar refractivity (Wildman–Crippen MR) is 98.5 cm³/mol. The number of phenols is 3. The van der Waals surface area contributed by atoms with Crippen molar-refractivity contribution in [3.8, 4) is 17.2 Å². The molecule has 1 atom stereocenters. The highest BCUT2D eigenvalue weighted by Crippen LogP contribution is 2.39. The number of hydrogen-bond donors (Lipinski definition) is 5. The van der Waals surface area contributed by atoms with Crippen LogP contribution in [0.5, 0.6) is 17.2 Å². The van der Waals surface area contributed by atoms with Gasteiger partial charge in [-0.2, -0.15) is 8.42 Å². The maximum Gasteiger partial charge on any atom is 0.261 e. The topological polar surface area (TPSA) is 127 Å². The number of rotatable bonds is 1. The monoisotopic (exact) mass is 381 g/mol. The van der Waals surface area contributed by atoms with Crippen LogP contribution in [0.3, 0.4) is 0 Å². The van der Waals surface area contributed by atoms with Crippen LogP contribution >= 0.6 is 0 Å². The Labute approximate surface area is 152 Å². The van der Waals surface area contributed by atoms with Crippen molar-refractivity contribution < 1.29 is 28.3 Å². The van der Waals surface area contributed by atoms with Gasteiger partial charge < -0.3 is 20.6 Å². The van der Waals surface area contributed by atoms with Crippen LogP contribution in [0.25, 0.3) is 0 Å². The normalized spacial score (nSPS) is 16.8. The largest absolute Gasteiger partial charge is 0.508 e. The lowest BCUT2D eigenvalue weighted by Crippen LogP contribution is -2.20. The zero-order chi connectivity index (χ0) is 19.5. The van der Waals surface area contributed by atoms with Crippen molar-refractivity contribution in [2.45, 2.75) is 19.3 Å². The average Bonchev–Trinajstić information content (AvgIpc) is 2.75. The van der Waals surface area contributed by atoms with Crippen molar-refractivity contribution in [2.24, 2.45) is 0 Å². The summed E-state index contributed by atoms with van der Waals surface area (Å²) in [6.45, 7) is 3.45. The number of aromatic hydroxyl groups is 3. The minimum atomic E-state index is -3.67. The molecule has 142 valence electrons. The van der Waals surface area contributed by atoms with Crippen LogP contribution in [0.15, 0.2) is 30.3 Å².